The molecule has 35 heavy (non-hydrogen) atoms. The SMILES string of the molecule is CN(CCN=Cc1cc(C(C)(C)C)cc(C(C)(C)C)c1O)[C@@H](Cc1cnc[nH]1)c1ccccc1O. The van der Waals surface area contributed by atoms with Gasteiger partial charge in [-0.3, -0.25) is 9.89 Å². The Hall–Kier alpha value is -3.12. The average Bonchev–Trinajstić information content (AvgIpc) is 3.28. The van der Waals surface area contributed by atoms with Crippen LogP contribution in [0.2, 0.25) is 0 Å². The molecular weight excluding hydrogens is 436 g/mol. The minimum absolute atomic E-state index is 0.0306. The number of hydrogen-bond donors (Lipinski definition) is 3. The standard InChI is InChI=1S/C29H40N4O2/c1-28(2,3)21-14-20(27(35)24(15-21)29(4,5)6)17-30-12-13-33(7)25(16-22-18-31-19-32-22)23-10-8-9-11-26(23)34/h8-11,14-15,17-19,25,34-35H,12-13,16H2,1-7H3,(H,31,32)/t25-/m0/s1. The number of H-pyrrole nitrogens is 1. The Morgan fingerprint density at radius 3 is 2.37 bits per heavy atom. The Kier molecular flexibility index (Phi) is 8.06. The lowest BCUT2D eigenvalue weighted by Gasteiger charge is -2.28. The number of benzene rings is 2. The molecule has 3 aromatic rings. The molecule has 0 amide bonds. The first-order valence-electron chi connectivity index (χ1n) is 12.2. The second-order valence-corrected chi connectivity index (χ2v) is 11.3. The number of likely N-dealkylation sites (N-methyl/N-ethyl adjacent to an activating group) is 1. The van der Waals surface area contributed by atoms with Gasteiger partial charge in [-0.15, -0.1) is 0 Å². The smallest absolute Gasteiger partial charge is 0.128 e. The van der Waals surface area contributed by atoms with Gasteiger partial charge in [0, 0.05) is 53.8 Å². The van der Waals surface area contributed by atoms with Gasteiger partial charge in [-0.2, -0.15) is 0 Å². The van der Waals surface area contributed by atoms with Crippen LogP contribution in [0.1, 0.15) is 75.5 Å². The number of rotatable bonds is 8. The van der Waals surface area contributed by atoms with Crippen LogP contribution in [-0.2, 0) is 17.3 Å². The number of hydrogen-bond acceptors (Lipinski definition) is 5. The average molecular weight is 477 g/mol. The molecule has 0 spiro atoms. The van der Waals surface area contributed by atoms with Crippen molar-refractivity contribution in [2.24, 2.45) is 4.99 Å². The summed E-state index contributed by atoms with van der Waals surface area (Å²) in [5.41, 5.74) is 4.53. The lowest BCUT2D eigenvalue weighted by molar-refractivity contribution is 0.244. The van der Waals surface area contributed by atoms with E-state index in [1.807, 2.05) is 37.5 Å². The van der Waals surface area contributed by atoms with Crippen molar-refractivity contribution in [2.45, 2.75) is 64.8 Å². The lowest BCUT2D eigenvalue weighted by atomic mass is 9.79. The molecule has 188 valence electrons. The molecule has 1 aromatic heterocycles. The molecule has 6 nitrogen and oxygen atoms in total. The van der Waals surface area contributed by atoms with Gasteiger partial charge in [0.1, 0.15) is 11.5 Å². The van der Waals surface area contributed by atoms with Crippen LogP contribution >= 0.6 is 0 Å². The predicted octanol–water partition coefficient (Wildman–Crippen LogP) is 5.75. The zero-order valence-electron chi connectivity index (χ0n) is 22.1. The number of phenols is 2. The molecule has 0 radical (unpaired) electrons. The number of aromatic amines is 1. The molecule has 6 heteroatoms. The molecule has 0 unspecified atom stereocenters. The third-order valence-electron chi connectivity index (χ3n) is 6.42. The third kappa shape index (κ3) is 6.73. The Morgan fingerprint density at radius 2 is 1.77 bits per heavy atom. The molecular formula is C29H40N4O2. The monoisotopic (exact) mass is 476 g/mol. The number of aliphatic imine (C=N–C) groups is 1. The maximum atomic E-state index is 11.0. The molecule has 1 atom stereocenters. The van der Waals surface area contributed by atoms with Crippen LogP contribution in [0, 0.1) is 0 Å². The van der Waals surface area contributed by atoms with Crippen LogP contribution in [0.4, 0.5) is 0 Å². The van der Waals surface area contributed by atoms with Crippen molar-refractivity contribution in [3.63, 3.8) is 0 Å². The highest BCUT2D eigenvalue weighted by atomic mass is 16.3. The van der Waals surface area contributed by atoms with Crippen molar-refractivity contribution >= 4 is 6.21 Å². The fourth-order valence-electron chi connectivity index (χ4n) is 4.17. The zero-order chi connectivity index (χ0) is 25.8. The van der Waals surface area contributed by atoms with Crippen molar-refractivity contribution in [2.75, 3.05) is 20.1 Å². The van der Waals surface area contributed by atoms with E-state index in [1.54, 1.807) is 18.6 Å². The normalized spacial score (nSPS) is 13.6. The maximum absolute atomic E-state index is 11.0. The predicted molar refractivity (Wildman–Crippen MR) is 144 cm³/mol. The van der Waals surface area contributed by atoms with Gasteiger partial charge in [-0.05, 0) is 35.6 Å². The van der Waals surface area contributed by atoms with E-state index in [0.29, 0.717) is 25.3 Å². The van der Waals surface area contributed by atoms with Crippen LogP contribution in [0.5, 0.6) is 11.5 Å². The summed E-state index contributed by atoms with van der Waals surface area (Å²) in [5, 5.41) is 21.5. The minimum Gasteiger partial charge on any atom is -0.508 e. The van der Waals surface area contributed by atoms with E-state index in [1.165, 1.54) is 5.56 Å². The van der Waals surface area contributed by atoms with E-state index in [-0.39, 0.29) is 22.6 Å². The Balaban J connectivity index is 1.79. The van der Waals surface area contributed by atoms with E-state index in [9.17, 15) is 10.2 Å². The molecule has 3 N–H and O–H groups in total. The minimum atomic E-state index is -0.175. The van der Waals surface area contributed by atoms with Crippen molar-refractivity contribution in [3.8, 4) is 11.5 Å². The largest absolute Gasteiger partial charge is 0.508 e. The molecule has 0 aliphatic carbocycles. The first kappa shape index (κ1) is 26.5. The molecule has 0 saturated heterocycles. The quantitative estimate of drug-likeness (QED) is 0.361. The molecule has 2 aromatic carbocycles. The Bertz CT molecular complexity index is 1140. The van der Waals surface area contributed by atoms with Crippen molar-refractivity contribution in [3.05, 3.63) is 76.9 Å². The molecule has 0 fully saturated rings. The number of para-hydroxylation sites is 1. The van der Waals surface area contributed by atoms with Gasteiger partial charge in [-0.1, -0.05) is 65.8 Å². The van der Waals surface area contributed by atoms with Gasteiger partial charge in [0.2, 0.25) is 0 Å². The highest BCUT2D eigenvalue weighted by molar-refractivity contribution is 5.85. The van der Waals surface area contributed by atoms with E-state index in [2.05, 4.69) is 67.5 Å². The summed E-state index contributed by atoms with van der Waals surface area (Å²) in [5.74, 6) is 0.583. The summed E-state index contributed by atoms with van der Waals surface area (Å²) >= 11 is 0. The maximum Gasteiger partial charge on any atom is 0.128 e. The first-order valence-corrected chi connectivity index (χ1v) is 12.2. The van der Waals surface area contributed by atoms with Gasteiger partial charge >= 0.3 is 0 Å². The van der Waals surface area contributed by atoms with Crippen molar-refractivity contribution < 1.29 is 10.2 Å². The van der Waals surface area contributed by atoms with Crippen molar-refractivity contribution in [1.29, 1.82) is 0 Å². The van der Waals surface area contributed by atoms with Gasteiger partial charge in [-0.25, -0.2) is 4.98 Å². The summed E-state index contributed by atoms with van der Waals surface area (Å²) in [4.78, 5) is 14.2. The molecule has 0 saturated carbocycles. The number of phenolic OH excluding ortho intramolecular Hbond substituents is 2. The second kappa shape index (κ2) is 10.6. The number of nitrogens with one attached hydrogen (secondary N) is 1. The van der Waals surface area contributed by atoms with Gasteiger partial charge in [0.25, 0.3) is 0 Å². The van der Waals surface area contributed by atoms with Crippen LogP contribution in [0.3, 0.4) is 0 Å². The van der Waals surface area contributed by atoms with E-state index in [4.69, 9.17) is 0 Å². The summed E-state index contributed by atoms with van der Waals surface area (Å²) in [6, 6.07) is 11.6. The number of aromatic hydroxyl groups is 2. The molecule has 1 heterocycles. The third-order valence-corrected chi connectivity index (χ3v) is 6.42. The van der Waals surface area contributed by atoms with Crippen LogP contribution in [-0.4, -0.2) is 51.4 Å². The molecule has 0 aliphatic rings. The Labute approximate surface area is 209 Å². The van der Waals surface area contributed by atoms with Gasteiger partial charge in [0.05, 0.1) is 12.9 Å². The lowest BCUT2D eigenvalue weighted by Crippen LogP contribution is -2.29. The zero-order valence-corrected chi connectivity index (χ0v) is 22.1. The highest BCUT2D eigenvalue weighted by Crippen LogP contribution is 2.37. The van der Waals surface area contributed by atoms with E-state index in [0.717, 1.165) is 22.4 Å². The van der Waals surface area contributed by atoms with Crippen LogP contribution in [0.15, 0.2) is 53.9 Å². The van der Waals surface area contributed by atoms with Crippen LogP contribution < -0.4 is 0 Å². The Morgan fingerprint density at radius 1 is 1.06 bits per heavy atom. The number of imidazole rings is 1. The first-order chi connectivity index (χ1) is 16.4. The number of aromatic nitrogens is 2. The van der Waals surface area contributed by atoms with E-state index >= 15 is 0 Å². The summed E-state index contributed by atoms with van der Waals surface area (Å²) in [6.07, 6.45) is 5.97. The van der Waals surface area contributed by atoms with Gasteiger partial charge < -0.3 is 15.2 Å². The second-order valence-electron chi connectivity index (χ2n) is 11.3. The topological polar surface area (TPSA) is 84.7 Å². The number of nitrogens with zero attached hydrogens (tertiary/aromatic N) is 3. The van der Waals surface area contributed by atoms with E-state index < -0.39 is 0 Å². The highest BCUT2D eigenvalue weighted by Gasteiger charge is 2.25. The molecule has 0 aliphatic heterocycles. The summed E-state index contributed by atoms with van der Waals surface area (Å²) in [7, 11) is 2.04. The molecule has 0 bridgehead atoms. The summed E-state index contributed by atoms with van der Waals surface area (Å²) < 4.78 is 0. The fraction of sp³-hybridized carbons (Fsp3) is 0.448. The fourth-order valence-corrected chi connectivity index (χ4v) is 4.17. The molecule has 3 rings (SSSR count). The van der Waals surface area contributed by atoms with Gasteiger partial charge in [0.15, 0.2) is 0 Å². The summed E-state index contributed by atoms with van der Waals surface area (Å²) in [6.45, 7) is 14.1. The van der Waals surface area contributed by atoms with Crippen LogP contribution in [0.25, 0.3) is 0 Å². The van der Waals surface area contributed by atoms with Crippen molar-refractivity contribution in [1.82, 2.24) is 14.9 Å².